The number of barbiturate groups is 1. The van der Waals surface area contributed by atoms with Crippen molar-refractivity contribution in [1.29, 1.82) is 0 Å². The molecular formula is C13H20N2O4. The molecule has 106 valence electrons. The van der Waals surface area contributed by atoms with Gasteiger partial charge in [-0.1, -0.05) is 13.8 Å². The minimum Gasteiger partial charge on any atom is -0.381 e. The lowest BCUT2D eigenvalue weighted by atomic mass is 9.91. The van der Waals surface area contributed by atoms with Gasteiger partial charge in [-0.15, -0.1) is 0 Å². The summed E-state index contributed by atoms with van der Waals surface area (Å²) in [4.78, 5) is 36.9. The number of nitrogens with one attached hydrogen (secondary N) is 1. The quantitative estimate of drug-likeness (QED) is 0.767. The number of imide groups is 2. The number of nitrogens with zero attached hydrogens (tertiary/aromatic N) is 1. The van der Waals surface area contributed by atoms with E-state index in [4.69, 9.17) is 4.74 Å². The van der Waals surface area contributed by atoms with Gasteiger partial charge < -0.3 is 4.74 Å². The number of urea groups is 1. The predicted molar refractivity (Wildman–Crippen MR) is 67.1 cm³/mol. The lowest BCUT2D eigenvalue weighted by Gasteiger charge is -2.34. The lowest BCUT2D eigenvalue weighted by molar-refractivity contribution is -0.145. The average molecular weight is 268 g/mol. The van der Waals surface area contributed by atoms with Crippen molar-refractivity contribution in [3.8, 4) is 0 Å². The van der Waals surface area contributed by atoms with Gasteiger partial charge in [-0.25, -0.2) is 4.79 Å². The molecule has 2 atom stereocenters. The Morgan fingerprint density at radius 2 is 2.11 bits per heavy atom. The number of carbonyl (C=O) groups is 3. The van der Waals surface area contributed by atoms with Crippen LogP contribution >= 0.6 is 0 Å². The minimum atomic E-state index is -0.762. The van der Waals surface area contributed by atoms with E-state index < -0.39 is 17.9 Å². The molecule has 0 aromatic carbocycles. The van der Waals surface area contributed by atoms with Crippen LogP contribution < -0.4 is 5.32 Å². The third-order valence-electron chi connectivity index (χ3n) is 3.65. The summed E-state index contributed by atoms with van der Waals surface area (Å²) >= 11 is 0. The van der Waals surface area contributed by atoms with Gasteiger partial charge in [-0.3, -0.25) is 19.8 Å². The van der Waals surface area contributed by atoms with Gasteiger partial charge in [0.2, 0.25) is 11.8 Å². The highest BCUT2D eigenvalue weighted by molar-refractivity contribution is 6.16. The van der Waals surface area contributed by atoms with Crippen molar-refractivity contribution in [2.45, 2.75) is 26.7 Å². The van der Waals surface area contributed by atoms with Crippen LogP contribution in [0.2, 0.25) is 0 Å². The Morgan fingerprint density at radius 3 is 2.68 bits per heavy atom. The van der Waals surface area contributed by atoms with Crippen molar-refractivity contribution >= 4 is 17.8 Å². The Bertz CT molecular complexity index is 388. The zero-order valence-corrected chi connectivity index (χ0v) is 11.3. The van der Waals surface area contributed by atoms with Crippen molar-refractivity contribution < 1.29 is 19.1 Å². The van der Waals surface area contributed by atoms with Crippen LogP contribution in [0.5, 0.6) is 0 Å². The zero-order chi connectivity index (χ0) is 14.0. The van der Waals surface area contributed by atoms with Crippen molar-refractivity contribution in [1.82, 2.24) is 10.2 Å². The van der Waals surface area contributed by atoms with Gasteiger partial charge in [0.25, 0.3) is 0 Å². The SMILES string of the molecule is CC(C)C1C(=O)NC(=O)N(CC2CCCOC2)C1=O. The number of amides is 4. The second-order valence-electron chi connectivity index (χ2n) is 5.55. The summed E-state index contributed by atoms with van der Waals surface area (Å²) in [6.07, 6.45) is 1.89. The highest BCUT2D eigenvalue weighted by Crippen LogP contribution is 2.22. The van der Waals surface area contributed by atoms with Gasteiger partial charge in [0.05, 0.1) is 6.61 Å². The molecule has 6 nitrogen and oxygen atoms in total. The second kappa shape index (κ2) is 5.69. The standard InChI is InChI=1S/C13H20N2O4/c1-8(2)10-11(16)14-13(18)15(12(10)17)6-9-4-3-5-19-7-9/h8-10H,3-7H2,1-2H3,(H,14,16,18). The molecule has 0 saturated carbocycles. The van der Waals surface area contributed by atoms with Crippen molar-refractivity contribution in [2.24, 2.45) is 17.8 Å². The summed E-state index contributed by atoms with van der Waals surface area (Å²) < 4.78 is 5.35. The van der Waals surface area contributed by atoms with Crippen LogP contribution in [0.4, 0.5) is 4.79 Å². The molecule has 6 heteroatoms. The normalized spacial score (nSPS) is 28.8. The summed E-state index contributed by atoms with van der Waals surface area (Å²) in [6.45, 7) is 5.25. The van der Waals surface area contributed by atoms with E-state index in [0.717, 1.165) is 19.4 Å². The van der Waals surface area contributed by atoms with Gasteiger partial charge in [0, 0.05) is 19.1 Å². The molecule has 2 saturated heterocycles. The summed E-state index contributed by atoms with van der Waals surface area (Å²) in [7, 11) is 0. The van der Waals surface area contributed by atoms with E-state index >= 15 is 0 Å². The Morgan fingerprint density at radius 1 is 1.37 bits per heavy atom. The Labute approximate surface area is 112 Å². The van der Waals surface area contributed by atoms with E-state index in [1.54, 1.807) is 13.8 Å². The zero-order valence-electron chi connectivity index (χ0n) is 11.3. The molecule has 19 heavy (non-hydrogen) atoms. The molecule has 2 heterocycles. The summed E-state index contributed by atoms with van der Waals surface area (Å²) in [5, 5.41) is 2.27. The molecule has 2 aliphatic rings. The average Bonchev–Trinajstić information content (AvgIpc) is 2.35. The van der Waals surface area contributed by atoms with Gasteiger partial charge in [-0.05, 0) is 18.8 Å². The summed E-state index contributed by atoms with van der Waals surface area (Å²) in [5.41, 5.74) is 0. The summed E-state index contributed by atoms with van der Waals surface area (Å²) in [6, 6.07) is -0.600. The molecule has 2 rings (SSSR count). The first-order valence-corrected chi connectivity index (χ1v) is 6.74. The monoisotopic (exact) mass is 268 g/mol. The molecule has 1 N–H and O–H groups in total. The topological polar surface area (TPSA) is 75.7 Å². The van der Waals surface area contributed by atoms with Crippen LogP contribution in [-0.2, 0) is 14.3 Å². The largest absolute Gasteiger partial charge is 0.381 e. The molecule has 0 aliphatic carbocycles. The van der Waals surface area contributed by atoms with Crippen molar-refractivity contribution in [3.63, 3.8) is 0 Å². The van der Waals surface area contributed by atoms with Gasteiger partial charge in [0.15, 0.2) is 0 Å². The molecule has 0 radical (unpaired) electrons. The molecular weight excluding hydrogens is 248 g/mol. The first-order chi connectivity index (χ1) is 9.00. The van der Waals surface area contributed by atoms with Crippen LogP contribution in [0.25, 0.3) is 0 Å². The molecule has 0 bridgehead atoms. The highest BCUT2D eigenvalue weighted by Gasteiger charge is 2.42. The molecule has 0 aromatic heterocycles. The van der Waals surface area contributed by atoms with E-state index in [-0.39, 0.29) is 17.7 Å². The summed E-state index contributed by atoms with van der Waals surface area (Å²) in [5.74, 6) is -1.58. The maximum atomic E-state index is 12.3. The van der Waals surface area contributed by atoms with E-state index in [9.17, 15) is 14.4 Å². The first-order valence-electron chi connectivity index (χ1n) is 6.74. The van der Waals surface area contributed by atoms with Crippen molar-refractivity contribution in [2.75, 3.05) is 19.8 Å². The molecule has 2 aliphatic heterocycles. The predicted octanol–water partition coefficient (Wildman–Crippen LogP) is 0.764. The maximum Gasteiger partial charge on any atom is 0.330 e. The van der Waals surface area contributed by atoms with Gasteiger partial charge in [0.1, 0.15) is 5.92 Å². The van der Waals surface area contributed by atoms with Crippen molar-refractivity contribution in [3.05, 3.63) is 0 Å². The number of ether oxygens (including phenoxy) is 1. The van der Waals surface area contributed by atoms with Gasteiger partial charge in [-0.2, -0.15) is 0 Å². The molecule has 0 aromatic rings. The molecule has 4 amide bonds. The van der Waals surface area contributed by atoms with E-state index in [0.29, 0.717) is 13.2 Å². The maximum absolute atomic E-state index is 12.3. The minimum absolute atomic E-state index is 0.120. The van der Waals surface area contributed by atoms with Gasteiger partial charge >= 0.3 is 6.03 Å². The number of hydrogen-bond acceptors (Lipinski definition) is 4. The Hall–Kier alpha value is -1.43. The lowest BCUT2D eigenvalue weighted by Crippen LogP contribution is -2.60. The second-order valence-corrected chi connectivity index (χ2v) is 5.55. The third-order valence-corrected chi connectivity index (χ3v) is 3.65. The Kier molecular flexibility index (Phi) is 4.19. The molecule has 2 unspecified atom stereocenters. The first kappa shape index (κ1) is 14.0. The number of rotatable bonds is 3. The third kappa shape index (κ3) is 2.94. The molecule has 2 fully saturated rings. The van der Waals surface area contributed by atoms with Crippen LogP contribution in [0.1, 0.15) is 26.7 Å². The van der Waals surface area contributed by atoms with E-state index in [1.165, 1.54) is 4.90 Å². The smallest absolute Gasteiger partial charge is 0.330 e. The fraction of sp³-hybridized carbons (Fsp3) is 0.769. The van der Waals surface area contributed by atoms with Crippen LogP contribution in [0.15, 0.2) is 0 Å². The van der Waals surface area contributed by atoms with Crippen LogP contribution in [0.3, 0.4) is 0 Å². The van der Waals surface area contributed by atoms with E-state index in [2.05, 4.69) is 5.32 Å². The fourth-order valence-corrected chi connectivity index (χ4v) is 2.60. The number of carbonyl (C=O) groups excluding carboxylic acids is 3. The Balaban J connectivity index is 2.07. The van der Waals surface area contributed by atoms with Crippen LogP contribution in [0, 0.1) is 17.8 Å². The molecule has 0 spiro atoms. The fourth-order valence-electron chi connectivity index (χ4n) is 2.60. The highest BCUT2D eigenvalue weighted by atomic mass is 16.5. The number of hydrogen-bond donors (Lipinski definition) is 1. The van der Waals surface area contributed by atoms with E-state index in [1.807, 2.05) is 0 Å². The van der Waals surface area contributed by atoms with Crippen LogP contribution in [-0.4, -0.2) is 42.5 Å².